The van der Waals surface area contributed by atoms with E-state index in [1.807, 2.05) is 19.1 Å². The van der Waals surface area contributed by atoms with Gasteiger partial charge in [-0.15, -0.1) is 0 Å². The third-order valence-electron chi connectivity index (χ3n) is 3.97. The molecule has 2 rings (SSSR count). The van der Waals surface area contributed by atoms with E-state index in [9.17, 15) is 13.2 Å². The van der Waals surface area contributed by atoms with E-state index in [0.717, 1.165) is 5.56 Å². The Morgan fingerprint density at radius 2 is 1.69 bits per heavy atom. The molecule has 0 fully saturated rings. The highest BCUT2D eigenvalue weighted by atomic mass is 32.2. The van der Waals surface area contributed by atoms with Crippen LogP contribution < -0.4 is 20.5 Å². The minimum Gasteiger partial charge on any atom is -0.495 e. The molecular formula is C18H23N3O4S. The number of primary sulfonamides is 1. The quantitative estimate of drug-likeness (QED) is 0.684. The number of methoxy groups -OCH3 is 1. The summed E-state index contributed by atoms with van der Waals surface area (Å²) in [5, 5.41) is 11.1. The minimum atomic E-state index is -3.72. The Morgan fingerprint density at radius 1 is 1.08 bits per heavy atom. The Morgan fingerprint density at radius 3 is 2.27 bits per heavy atom. The van der Waals surface area contributed by atoms with E-state index in [4.69, 9.17) is 9.88 Å². The summed E-state index contributed by atoms with van der Waals surface area (Å²) in [6, 6.07) is 12.8. The Bertz CT molecular complexity index is 866. The van der Waals surface area contributed by atoms with E-state index in [-0.39, 0.29) is 16.8 Å². The number of amides is 1. The maximum Gasteiger partial charge on any atom is 0.241 e. The molecule has 2 aromatic carbocycles. The van der Waals surface area contributed by atoms with Crippen molar-refractivity contribution >= 4 is 21.6 Å². The summed E-state index contributed by atoms with van der Waals surface area (Å²) in [6.45, 7) is 3.64. The van der Waals surface area contributed by atoms with Crippen molar-refractivity contribution < 1.29 is 17.9 Å². The van der Waals surface area contributed by atoms with Gasteiger partial charge in [-0.3, -0.25) is 10.1 Å². The number of sulfonamides is 1. The van der Waals surface area contributed by atoms with Crippen molar-refractivity contribution in [1.82, 2.24) is 5.32 Å². The van der Waals surface area contributed by atoms with Crippen LogP contribution in [0.15, 0.2) is 53.4 Å². The molecule has 140 valence electrons. The summed E-state index contributed by atoms with van der Waals surface area (Å²) in [5.41, 5.74) is 1.44. The number of benzene rings is 2. The van der Waals surface area contributed by atoms with Crippen molar-refractivity contribution in [3.63, 3.8) is 0 Å². The van der Waals surface area contributed by atoms with Gasteiger partial charge in [0.2, 0.25) is 15.9 Å². The zero-order chi connectivity index (χ0) is 19.3. The van der Waals surface area contributed by atoms with Crippen molar-refractivity contribution in [2.75, 3.05) is 12.4 Å². The Balaban J connectivity index is 2.01. The van der Waals surface area contributed by atoms with Crippen molar-refractivity contribution in [3.8, 4) is 5.75 Å². The van der Waals surface area contributed by atoms with Crippen LogP contribution >= 0.6 is 0 Å². The predicted octanol–water partition coefficient (Wildman–Crippen LogP) is 2.02. The average Bonchev–Trinajstić information content (AvgIpc) is 2.61. The van der Waals surface area contributed by atoms with Gasteiger partial charge in [0, 0.05) is 6.04 Å². The van der Waals surface area contributed by atoms with Crippen LogP contribution in [0.5, 0.6) is 5.75 Å². The molecule has 0 aliphatic rings. The summed E-state index contributed by atoms with van der Waals surface area (Å²) >= 11 is 0. The van der Waals surface area contributed by atoms with Crippen molar-refractivity contribution in [2.24, 2.45) is 5.14 Å². The van der Waals surface area contributed by atoms with Gasteiger partial charge < -0.3 is 10.1 Å². The maximum atomic E-state index is 12.4. The molecule has 0 saturated carbocycles. The largest absolute Gasteiger partial charge is 0.495 e. The highest BCUT2D eigenvalue weighted by molar-refractivity contribution is 7.89. The van der Waals surface area contributed by atoms with Crippen molar-refractivity contribution in [3.05, 3.63) is 54.1 Å². The lowest BCUT2D eigenvalue weighted by molar-refractivity contribution is -0.118. The lowest BCUT2D eigenvalue weighted by Gasteiger charge is -2.20. The highest BCUT2D eigenvalue weighted by Gasteiger charge is 2.18. The third kappa shape index (κ3) is 5.04. The second-order valence-electron chi connectivity index (χ2n) is 5.91. The SMILES string of the molecule is COc1ccccc1NC(=O)C(C)NC(C)c1ccc(S(N)(=O)=O)cc1. The first kappa shape index (κ1) is 19.9. The van der Waals surface area contributed by atoms with E-state index in [1.165, 1.54) is 12.1 Å². The Labute approximate surface area is 153 Å². The van der Waals surface area contributed by atoms with E-state index in [0.29, 0.717) is 11.4 Å². The fourth-order valence-electron chi connectivity index (χ4n) is 2.48. The summed E-state index contributed by atoms with van der Waals surface area (Å²) in [7, 11) is -2.18. The fourth-order valence-corrected chi connectivity index (χ4v) is 3.00. The molecule has 0 saturated heterocycles. The first-order chi connectivity index (χ1) is 12.2. The van der Waals surface area contributed by atoms with Gasteiger partial charge in [-0.2, -0.15) is 0 Å². The molecule has 0 bridgehead atoms. The van der Waals surface area contributed by atoms with Gasteiger partial charge in [0.25, 0.3) is 0 Å². The molecule has 2 atom stereocenters. The van der Waals surface area contributed by atoms with Crippen molar-refractivity contribution in [1.29, 1.82) is 0 Å². The number of anilines is 1. The maximum absolute atomic E-state index is 12.4. The van der Waals surface area contributed by atoms with Gasteiger partial charge in [-0.25, -0.2) is 13.6 Å². The van der Waals surface area contributed by atoms with E-state index >= 15 is 0 Å². The lowest BCUT2D eigenvalue weighted by Crippen LogP contribution is -2.39. The second kappa shape index (κ2) is 8.31. The van der Waals surface area contributed by atoms with Crippen LogP contribution in [-0.4, -0.2) is 27.5 Å². The van der Waals surface area contributed by atoms with Crippen LogP contribution in [0, 0.1) is 0 Å². The topological polar surface area (TPSA) is 111 Å². The van der Waals surface area contributed by atoms with Crippen LogP contribution in [0.1, 0.15) is 25.5 Å². The minimum absolute atomic E-state index is 0.0513. The monoisotopic (exact) mass is 377 g/mol. The molecule has 4 N–H and O–H groups in total. The standard InChI is InChI=1S/C18H23N3O4S/c1-12(14-8-10-15(11-9-14)26(19,23)24)20-13(2)18(22)21-16-6-4-5-7-17(16)25-3/h4-13,20H,1-3H3,(H,21,22)(H2,19,23,24). The summed E-state index contributed by atoms with van der Waals surface area (Å²) in [6.07, 6.45) is 0. The number of nitrogens with two attached hydrogens (primary N) is 1. The van der Waals surface area contributed by atoms with Crippen LogP contribution in [0.2, 0.25) is 0 Å². The van der Waals surface area contributed by atoms with Gasteiger partial charge in [0.1, 0.15) is 5.75 Å². The van der Waals surface area contributed by atoms with Crippen LogP contribution in [0.3, 0.4) is 0 Å². The highest BCUT2D eigenvalue weighted by Crippen LogP contribution is 2.23. The molecule has 0 aliphatic carbocycles. The Hall–Kier alpha value is -2.42. The number of hydrogen-bond acceptors (Lipinski definition) is 5. The van der Waals surface area contributed by atoms with Gasteiger partial charge >= 0.3 is 0 Å². The number of rotatable bonds is 7. The fraction of sp³-hybridized carbons (Fsp3) is 0.278. The number of nitrogens with one attached hydrogen (secondary N) is 2. The number of ether oxygens (including phenoxy) is 1. The number of carbonyl (C=O) groups is 1. The predicted molar refractivity (Wildman–Crippen MR) is 100 cm³/mol. The van der Waals surface area contributed by atoms with Crippen LogP contribution in [-0.2, 0) is 14.8 Å². The normalized spacial score (nSPS) is 13.7. The van der Waals surface area contributed by atoms with E-state index < -0.39 is 16.1 Å². The second-order valence-corrected chi connectivity index (χ2v) is 7.48. The van der Waals surface area contributed by atoms with Gasteiger partial charge in [-0.05, 0) is 43.7 Å². The average molecular weight is 377 g/mol. The molecule has 7 nitrogen and oxygen atoms in total. The van der Waals surface area contributed by atoms with Gasteiger partial charge in [0.15, 0.2) is 0 Å². The lowest BCUT2D eigenvalue weighted by atomic mass is 10.1. The van der Waals surface area contributed by atoms with E-state index in [2.05, 4.69) is 10.6 Å². The molecule has 1 amide bonds. The molecule has 2 unspecified atom stereocenters. The zero-order valence-corrected chi connectivity index (χ0v) is 15.7. The van der Waals surface area contributed by atoms with Gasteiger partial charge in [0.05, 0.1) is 23.7 Å². The molecule has 0 spiro atoms. The molecule has 0 heterocycles. The zero-order valence-electron chi connectivity index (χ0n) is 14.9. The number of hydrogen-bond donors (Lipinski definition) is 3. The molecule has 8 heteroatoms. The van der Waals surface area contributed by atoms with E-state index in [1.54, 1.807) is 38.3 Å². The number of carbonyl (C=O) groups excluding carboxylic acids is 1. The summed E-state index contributed by atoms with van der Waals surface area (Å²) < 4.78 is 27.8. The van der Waals surface area contributed by atoms with Crippen molar-refractivity contribution in [2.45, 2.75) is 30.8 Å². The molecule has 0 aromatic heterocycles. The Kier molecular flexibility index (Phi) is 6.36. The first-order valence-corrected chi connectivity index (χ1v) is 9.59. The van der Waals surface area contributed by atoms with Crippen LogP contribution in [0.25, 0.3) is 0 Å². The number of para-hydroxylation sites is 2. The third-order valence-corrected chi connectivity index (χ3v) is 4.90. The summed E-state index contributed by atoms with van der Waals surface area (Å²) in [5.74, 6) is 0.377. The van der Waals surface area contributed by atoms with Crippen LogP contribution in [0.4, 0.5) is 5.69 Å². The molecular weight excluding hydrogens is 354 g/mol. The van der Waals surface area contributed by atoms with Gasteiger partial charge in [-0.1, -0.05) is 24.3 Å². The molecule has 0 radical (unpaired) electrons. The first-order valence-electron chi connectivity index (χ1n) is 8.05. The molecule has 2 aromatic rings. The smallest absolute Gasteiger partial charge is 0.241 e. The molecule has 0 aliphatic heterocycles. The summed E-state index contributed by atoms with van der Waals surface area (Å²) in [4.78, 5) is 12.5. The molecule has 26 heavy (non-hydrogen) atoms.